The second-order valence-corrected chi connectivity index (χ2v) is 10.4. The van der Waals surface area contributed by atoms with Crippen molar-refractivity contribution < 1.29 is 13.2 Å². The van der Waals surface area contributed by atoms with Crippen molar-refractivity contribution in [1.82, 2.24) is 14.6 Å². The molecule has 6 nitrogen and oxygen atoms in total. The first-order valence-corrected chi connectivity index (χ1v) is 12.4. The van der Waals surface area contributed by atoms with E-state index in [2.05, 4.69) is 10.3 Å². The van der Waals surface area contributed by atoms with E-state index in [1.54, 1.807) is 16.4 Å². The molecule has 1 aliphatic heterocycles. The van der Waals surface area contributed by atoms with E-state index in [9.17, 15) is 13.2 Å². The number of pyridine rings is 1. The maximum absolute atomic E-state index is 12.6. The lowest BCUT2D eigenvalue weighted by molar-refractivity contribution is -0.121. The number of rotatable bonds is 7. The zero-order valence-corrected chi connectivity index (χ0v) is 17.4. The largest absolute Gasteiger partial charge is 0.353 e. The molecule has 0 atom stereocenters. The van der Waals surface area contributed by atoms with Crippen LogP contribution in [0.3, 0.4) is 0 Å². The molecule has 1 N–H and O–H groups in total. The van der Waals surface area contributed by atoms with E-state index < -0.39 is 10.0 Å². The zero-order chi connectivity index (χ0) is 19.1. The summed E-state index contributed by atoms with van der Waals surface area (Å²) in [6.45, 7) is 1.18. The minimum absolute atomic E-state index is 0.0960. The molecule has 1 saturated heterocycles. The van der Waals surface area contributed by atoms with E-state index in [0.717, 1.165) is 37.1 Å². The van der Waals surface area contributed by atoms with E-state index in [1.807, 2.05) is 0 Å². The highest BCUT2D eigenvalue weighted by Gasteiger charge is 2.26. The van der Waals surface area contributed by atoms with E-state index >= 15 is 0 Å². The lowest BCUT2D eigenvalue weighted by Crippen LogP contribution is -2.36. The molecule has 1 aromatic rings. The standard InChI is InChI=1S/C19H29N3O3S2/c23-18(21-16-7-3-1-4-8-16)11-14-26-19-10-9-17(15-20-19)27(24,25)22-12-5-2-6-13-22/h9-10,15-16H,1-8,11-14H2,(H,21,23). The quantitative estimate of drug-likeness (QED) is 0.697. The van der Waals surface area contributed by atoms with Crippen LogP contribution in [0, 0.1) is 0 Å². The van der Waals surface area contributed by atoms with Crippen molar-refractivity contribution >= 4 is 27.7 Å². The first kappa shape index (κ1) is 20.6. The highest BCUT2D eigenvalue weighted by Crippen LogP contribution is 2.23. The van der Waals surface area contributed by atoms with E-state index in [0.29, 0.717) is 31.3 Å². The fourth-order valence-corrected chi connectivity index (χ4v) is 5.91. The van der Waals surface area contributed by atoms with Gasteiger partial charge in [0.15, 0.2) is 0 Å². The molecule has 0 radical (unpaired) electrons. The second kappa shape index (κ2) is 9.89. The van der Waals surface area contributed by atoms with Crippen LogP contribution in [0.25, 0.3) is 0 Å². The van der Waals surface area contributed by atoms with Crippen LogP contribution in [0.5, 0.6) is 0 Å². The molecule has 2 heterocycles. The Labute approximate surface area is 166 Å². The maximum Gasteiger partial charge on any atom is 0.244 e. The molecular weight excluding hydrogens is 382 g/mol. The Morgan fingerprint density at radius 3 is 2.48 bits per heavy atom. The van der Waals surface area contributed by atoms with Crippen LogP contribution >= 0.6 is 11.8 Å². The third-order valence-corrected chi connectivity index (χ3v) is 8.04. The third-order valence-electron chi connectivity index (χ3n) is 5.21. The Morgan fingerprint density at radius 1 is 1.11 bits per heavy atom. The fraction of sp³-hybridized carbons (Fsp3) is 0.684. The number of nitrogens with zero attached hydrogens (tertiary/aromatic N) is 2. The second-order valence-electron chi connectivity index (χ2n) is 7.30. The van der Waals surface area contributed by atoms with Crippen LogP contribution in [-0.2, 0) is 14.8 Å². The molecule has 0 spiro atoms. The van der Waals surface area contributed by atoms with Gasteiger partial charge in [-0.3, -0.25) is 4.79 Å². The molecule has 3 rings (SSSR count). The van der Waals surface area contributed by atoms with Crippen molar-refractivity contribution in [3.8, 4) is 0 Å². The molecule has 0 bridgehead atoms. The molecule has 8 heteroatoms. The van der Waals surface area contributed by atoms with Gasteiger partial charge in [0.1, 0.15) is 4.90 Å². The van der Waals surface area contributed by atoms with Gasteiger partial charge in [-0.2, -0.15) is 4.31 Å². The molecule has 1 aromatic heterocycles. The average Bonchev–Trinajstić information content (AvgIpc) is 2.70. The van der Waals surface area contributed by atoms with Gasteiger partial charge in [-0.05, 0) is 37.8 Å². The van der Waals surface area contributed by atoms with Crippen molar-refractivity contribution in [3.63, 3.8) is 0 Å². The van der Waals surface area contributed by atoms with Crippen molar-refractivity contribution in [2.24, 2.45) is 0 Å². The number of amides is 1. The number of carbonyl (C=O) groups excluding carboxylic acids is 1. The van der Waals surface area contributed by atoms with Crippen LogP contribution in [-0.4, -0.2) is 48.5 Å². The summed E-state index contributed by atoms with van der Waals surface area (Å²) in [5.41, 5.74) is 0. The summed E-state index contributed by atoms with van der Waals surface area (Å²) in [5, 5.41) is 3.86. The summed E-state index contributed by atoms with van der Waals surface area (Å²) in [7, 11) is -3.43. The Hall–Kier alpha value is -1.12. The molecular formula is C19H29N3O3S2. The number of sulfonamides is 1. The molecule has 1 amide bonds. The van der Waals surface area contributed by atoms with E-state index in [4.69, 9.17) is 0 Å². The summed E-state index contributed by atoms with van der Waals surface area (Å²) in [4.78, 5) is 16.6. The van der Waals surface area contributed by atoms with Crippen LogP contribution in [0.15, 0.2) is 28.3 Å². The summed E-state index contributed by atoms with van der Waals surface area (Å²) < 4.78 is 26.8. The van der Waals surface area contributed by atoms with Gasteiger partial charge >= 0.3 is 0 Å². The minimum Gasteiger partial charge on any atom is -0.353 e. The highest BCUT2D eigenvalue weighted by molar-refractivity contribution is 7.99. The van der Waals surface area contributed by atoms with E-state index in [-0.39, 0.29) is 10.8 Å². The first-order valence-electron chi connectivity index (χ1n) is 9.94. The van der Waals surface area contributed by atoms with Crippen LogP contribution in [0.4, 0.5) is 0 Å². The van der Waals surface area contributed by atoms with Crippen molar-refractivity contribution in [1.29, 1.82) is 0 Å². The molecule has 2 aliphatic rings. The summed E-state index contributed by atoms with van der Waals surface area (Å²) in [5.74, 6) is 0.739. The minimum atomic E-state index is -3.43. The van der Waals surface area contributed by atoms with Gasteiger partial charge in [0.25, 0.3) is 0 Å². The fourth-order valence-electron chi connectivity index (χ4n) is 3.65. The van der Waals surface area contributed by atoms with Gasteiger partial charge in [-0.15, -0.1) is 11.8 Å². The highest BCUT2D eigenvalue weighted by atomic mass is 32.2. The predicted octanol–water partition coefficient (Wildman–Crippen LogP) is 3.19. The number of carbonyl (C=O) groups is 1. The van der Waals surface area contributed by atoms with Crippen LogP contribution in [0.2, 0.25) is 0 Å². The molecule has 1 saturated carbocycles. The Morgan fingerprint density at radius 2 is 1.81 bits per heavy atom. The number of nitrogens with one attached hydrogen (secondary N) is 1. The summed E-state index contributed by atoms with van der Waals surface area (Å²) in [6.07, 6.45) is 10.7. The average molecular weight is 412 g/mol. The van der Waals surface area contributed by atoms with Gasteiger partial charge < -0.3 is 5.32 Å². The molecule has 0 aromatic carbocycles. The molecule has 2 fully saturated rings. The number of hydrogen-bond acceptors (Lipinski definition) is 5. The Kier molecular flexibility index (Phi) is 7.55. The van der Waals surface area contributed by atoms with Gasteiger partial charge in [-0.25, -0.2) is 13.4 Å². The summed E-state index contributed by atoms with van der Waals surface area (Å²) in [6, 6.07) is 3.70. The molecule has 1 aliphatic carbocycles. The lowest BCUT2D eigenvalue weighted by atomic mass is 9.95. The van der Waals surface area contributed by atoms with Crippen molar-refractivity contribution in [2.75, 3.05) is 18.8 Å². The summed E-state index contributed by atoms with van der Waals surface area (Å²) >= 11 is 1.49. The SMILES string of the molecule is O=C(CCSc1ccc(S(=O)(=O)N2CCCCC2)cn1)NC1CCCCC1. The lowest BCUT2D eigenvalue weighted by Gasteiger charge is -2.25. The Bertz CT molecular complexity index is 710. The topological polar surface area (TPSA) is 79.4 Å². The van der Waals surface area contributed by atoms with Gasteiger partial charge in [0.2, 0.25) is 15.9 Å². The number of hydrogen-bond donors (Lipinski definition) is 1. The smallest absolute Gasteiger partial charge is 0.244 e. The van der Waals surface area contributed by atoms with Gasteiger partial charge in [0, 0.05) is 37.5 Å². The van der Waals surface area contributed by atoms with Crippen molar-refractivity contribution in [3.05, 3.63) is 18.3 Å². The number of aromatic nitrogens is 1. The predicted molar refractivity (Wildman–Crippen MR) is 107 cm³/mol. The normalized spacial score (nSPS) is 19.7. The zero-order valence-electron chi connectivity index (χ0n) is 15.7. The molecule has 0 unspecified atom stereocenters. The Balaban J connectivity index is 1.45. The monoisotopic (exact) mass is 411 g/mol. The van der Waals surface area contributed by atoms with E-state index in [1.165, 1.54) is 37.2 Å². The number of piperidine rings is 1. The first-order chi connectivity index (χ1) is 13.1. The third kappa shape index (κ3) is 5.93. The van der Waals surface area contributed by atoms with Crippen LogP contribution in [0.1, 0.15) is 57.8 Å². The van der Waals surface area contributed by atoms with Gasteiger partial charge in [-0.1, -0.05) is 25.7 Å². The molecule has 27 heavy (non-hydrogen) atoms. The van der Waals surface area contributed by atoms with Gasteiger partial charge in [0.05, 0.1) is 5.03 Å². The maximum atomic E-state index is 12.6. The van der Waals surface area contributed by atoms with Crippen LogP contribution < -0.4 is 5.32 Å². The van der Waals surface area contributed by atoms with Crippen molar-refractivity contribution in [2.45, 2.75) is 73.8 Å². The number of thioether (sulfide) groups is 1. The molecule has 150 valence electrons.